The Balaban J connectivity index is 1.43. The molecular weight excluding hydrogens is 432 g/mol. The molecule has 1 heterocycles. The molecule has 1 aliphatic rings. The molecule has 8 heteroatoms. The molecule has 0 spiro atoms. The van der Waals surface area contributed by atoms with Gasteiger partial charge in [0.15, 0.2) is 0 Å². The highest BCUT2D eigenvalue weighted by atomic mass is 16.5. The van der Waals surface area contributed by atoms with E-state index < -0.39 is 17.9 Å². The standard InChI is InChI=1S/C26H30N4O4/c1-16-14-18(20-6-3-4-8-22(20)28-16)15-34-19-12-10-17(11-13-19)25(31)29-24-21(26(32)30-33)7-5-9-23(24)27-2/h3-4,6,8,10-14,21,23-24,27,33H,5,7,9,15H2,1-2H3,(H,29,31)(H,30,32)/t21-,23+,24-/m0/s1. The number of hydroxylamine groups is 1. The maximum Gasteiger partial charge on any atom is 0.251 e. The van der Waals surface area contributed by atoms with E-state index in [1.54, 1.807) is 29.7 Å². The van der Waals surface area contributed by atoms with Crippen LogP contribution in [0.15, 0.2) is 54.6 Å². The van der Waals surface area contributed by atoms with Gasteiger partial charge in [0.1, 0.15) is 12.4 Å². The molecule has 2 aromatic carbocycles. The summed E-state index contributed by atoms with van der Waals surface area (Å²) in [5, 5.41) is 16.3. The van der Waals surface area contributed by atoms with Gasteiger partial charge in [0.25, 0.3) is 5.91 Å². The van der Waals surface area contributed by atoms with Gasteiger partial charge in [-0.1, -0.05) is 24.6 Å². The zero-order chi connectivity index (χ0) is 24.1. The van der Waals surface area contributed by atoms with Crippen molar-refractivity contribution >= 4 is 22.7 Å². The number of rotatable bonds is 7. The highest BCUT2D eigenvalue weighted by molar-refractivity contribution is 5.95. The number of amides is 2. The van der Waals surface area contributed by atoms with Gasteiger partial charge in [-0.05, 0) is 63.2 Å². The van der Waals surface area contributed by atoms with Crippen LogP contribution < -0.4 is 20.9 Å². The van der Waals surface area contributed by atoms with Gasteiger partial charge in [-0.2, -0.15) is 0 Å². The Morgan fingerprint density at radius 1 is 1.12 bits per heavy atom. The minimum absolute atomic E-state index is 0.0544. The predicted octanol–water partition coefficient (Wildman–Crippen LogP) is 3.11. The number of nitrogens with one attached hydrogen (secondary N) is 3. The first-order chi connectivity index (χ1) is 16.5. The van der Waals surface area contributed by atoms with E-state index >= 15 is 0 Å². The number of fused-ring (bicyclic) bond motifs is 1. The van der Waals surface area contributed by atoms with Crippen LogP contribution in [-0.4, -0.2) is 41.1 Å². The van der Waals surface area contributed by atoms with Gasteiger partial charge in [0.2, 0.25) is 5.91 Å². The molecular formula is C26H30N4O4. The third-order valence-corrected chi connectivity index (χ3v) is 6.45. The molecule has 0 bridgehead atoms. The van der Waals surface area contributed by atoms with E-state index in [9.17, 15) is 9.59 Å². The quantitative estimate of drug-likeness (QED) is 0.317. The van der Waals surface area contributed by atoms with Crippen LogP contribution in [-0.2, 0) is 11.4 Å². The Kier molecular flexibility index (Phi) is 7.40. The molecule has 1 aliphatic carbocycles. The average Bonchev–Trinajstić information content (AvgIpc) is 2.87. The molecule has 0 radical (unpaired) electrons. The molecule has 4 N–H and O–H groups in total. The lowest BCUT2D eigenvalue weighted by molar-refractivity contribution is -0.135. The summed E-state index contributed by atoms with van der Waals surface area (Å²) in [5.74, 6) is -0.599. The van der Waals surface area contributed by atoms with Crippen molar-refractivity contribution in [3.63, 3.8) is 0 Å². The number of benzene rings is 2. The zero-order valence-electron chi connectivity index (χ0n) is 19.4. The second-order valence-corrected chi connectivity index (χ2v) is 8.66. The molecule has 0 unspecified atom stereocenters. The van der Waals surface area contributed by atoms with Crippen LogP contribution in [0, 0.1) is 12.8 Å². The van der Waals surface area contributed by atoms with Gasteiger partial charge in [-0.15, -0.1) is 0 Å². The van der Waals surface area contributed by atoms with Gasteiger partial charge in [-0.25, -0.2) is 5.48 Å². The average molecular weight is 463 g/mol. The third kappa shape index (κ3) is 5.18. The molecule has 0 aliphatic heterocycles. The topological polar surface area (TPSA) is 113 Å². The minimum Gasteiger partial charge on any atom is -0.489 e. The number of carbonyl (C=O) groups excluding carboxylic acids is 2. The van der Waals surface area contributed by atoms with Crippen LogP contribution in [0.4, 0.5) is 0 Å². The van der Waals surface area contributed by atoms with Gasteiger partial charge in [-0.3, -0.25) is 19.8 Å². The highest BCUT2D eigenvalue weighted by Gasteiger charge is 2.38. The van der Waals surface area contributed by atoms with Crippen molar-refractivity contribution in [2.75, 3.05) is 7.05 Å². The lowest BCUT2D eigenvalue weighted by atomic mass is 9.80. The van der Waals surface area contributed by atoms with Crippen molar-refractivity contribution in [2.24, 2.45) is 5.92 Å². The Bertz CT molecular complexity index is 1170. The van der Waals surface area contributed by atoms with E-state index in [4.69, 9.17) is 9.94 Å². The van der Waals surface area contributed by atoms with Crippen molar-refractivity contribution in [1.29, 1.82) is 0 Å². The minimum atomic E-state index is -0.499. The predicted molar refractivity (Wildman–Crippen MR) is 129 cm³/mol. The van der Waals surface area contributed by atoms with Crippen molar-refractivity contribution in [2.45, 2.75) is 44.9 Å². The second-order valence-electron chi connectivity index (χ2n) is 8.66. The molecule has 2 amide bonds. The first kappa shape index (κ1) is 23.7. The number of hydrogen-bond donors (Lipinski definition) is 4. The van der Waals surface area contributed by atoms with Crippen LogP contribution >= 0.6 is 0 Å². The molecule has 34 heavy (non-hydrogen) atoms. The summed E-state index contributed by atoms with van der Waals surface area (Å²) in [5.41, 5.74) is 5.12. The number of carbonyl (C=O) groups is 2. The molecule has 3 aromatic rings. The first-order valence-corrected chi connectivity index (χ1v) is 11.5. The van der Waals surface area contributed by atoms with Gasteiger partial charge in [0.05, 0.1) is 17.5 Å². The molecule has 4 rings (SSSR count). The molecule has 3 atom stereocenters. The molecule has 1 saturated carbocycles. The third-order valence-electron chi connectivity index (χ3n) is 6.45. The van der Waals surface area contributed by atoms with Crippen molar-refractivity contribution in [3.8, 4) is 5.75 Å². The maximum absolute atomic E-state index is 12.9. The van der Waals surface area contributed by atoms with Crippen LogP contribution in [0.3, 0.4) is 0 Å². The van der Waals surface area contributed by atoms with E-state index in [0.717, 1.165) is 35.0 Å². The van der Waals surface area contributed by atoms with E-state index in [-0.39, 0.29) is 11.9 Å². The van der Waals surface area contributed by atoms with Crippen LogP contribution in [0.5, 0.6) is 5.75 Å². The van der Waals surface area contributed by atoms with Crippen LogP contribution in [0.1, 0.15) is 40.9 Å². The SMILES string of the molecule is CN[C@@H]1CCC[C@H](C(=O)NO)[C@@H]1NC(=O)c1ccc(OCc2cc(C)nc3ccccc23)cc1. The fourth-order valence-corrected chi connectivity index (χ4v) is 4.71. The Morgan fingerprint density at radius 2 is 1.88 bits per heavy atom. The van der Waals surface area contributed by atoms with E-state index in [1.165, 1.54) is 0 Å². The maximum atomic E-state index is 12.9. The Labute approximate surface area is 198 Å². The zero-order valence-corrected chi connectivity index (χ0v) is 19.4. The van der Waals surface area contributed by atoms with Gasteiger partial charge in [0, 0.05) is 28.2 Å². The summed E-state index contributed by atoms with van der Waals surface area (Å²) in [7, 11) is 1.81. The summed E-state index contributed by atoms with van der Waals surface area (Å²) >= 11 is 0. The number of pyridine rings is 1. The lowest BCUT2D eigenvalue weighted by Gasteiger charge is -2.37. The number of ether oxygens (including phenoxy) is 1. The lowest BCUT2D eigenvalue weighted by Crippen LogP contribution is -2.58. The van der Waals surface area contributed by atoms with Crippen LogP contribution in [0.25, 0.3) is 10.9 Å². The Morgan fingerprint density at radius 3 is 2.62 bits per heavy atom. The first-order valence-electron chi connectivity index (χ1n) is 11.5. The summed E-state index contributed by atoms with van der Waals surface area (Å²) < 4.78 is 5.99. The van der Waals surface area contributed by atoms with Gasteiger partial charge < -0.3 is 15.4 Å². The Hall–Kier alpha value is -3.49. The van der Waals surface area contributed by atoms with E-state index in [0.29, 0.717) is 24.3 Å². The van der Waals surface area contributed by atoms with Crippen molar-refractivity contribution in [1.82, 2.24) is 21.1 Å². The summed E-state index contributed by atoms with van der Waals surface area (Å²) in [6.07, 6.45) is 2.28. The summed E-state index contributed by atoms with van der Waals surface area (Å²) in [6, 6.07) is 16.4. The normalized spacial score (nSPS) is 20.0. The number of hydrogen-bond acceptors (Lipinski definition) is 6. The number of nitrogens with zero attached hydrogens (tertiary/aromatic N) is 1. The monoisotopic (exact) mass is 462 g/mol. The molecule has 1 aromatic heterocycles. The summed E-state index contributed by atoms with van der Waals surface area (Å²) in [4.78, 5) is 29.6. The molecule has 178 valence electrons. The molecule has 1 fully saturated rings. The fourth-order valence-electron chi connectivity index (χ4n) is 4.71. The molecule has 8 nitrogen and oxygen atoms in total. The number of aryl methyl sites for hydroxylation is 1. The van der Waals surface area contributed by atoms with Crippen molar-refractivity contribution in [3.05, 3.63) is 71.4 Å². The highest BCUT2D eigenvalue weighted by Crippen LogP contribution is 2.26. The second kappa shape index (κ2) is 10.6. The number of likely N-dealkylation sites (N-methyl/N-ethyl adjacent to an activating group) is 1. The van der Waals surface area contributed by atoms with E-state index in [2.05, 4.69) is 15.6 Å². The molecule has 0 saturated heterocycles. The van der Waals surface area contributed by atoms with Crippen molar-refractivity contribution < 1.29 is 19.5 Å². The van der Waals surface area contributed by atoms with E-state index in [1.807, 2.05) is 44.3 Å². The fraction of sp³-hybridized carbons (Fsp3) is 0.346. The smallest absolute Gasteiger partial charge is 0.251 e. The number of aromatic nitrogens is 1. The van der Waals surface area contributed by atoms with Crippen LogP contribution in [0.2, 0.25) is 0 Å². The number of para-hydroxylation sites is 1. The summed E-state index contributed by atoms with van der Waals surface area (Å²) in [6.45, 7) is 2.35. The van der Waals surface area contributed by atoms with Gasteiger partial charge >= 0.3 is 0 Å². The largest absolute Gasteiger partial charge is 0.489 e.